The minimum absolute atomic E-state index is 1.04. The standard InChI is InChI=1S/C21H18N2/c1-23(2)16-13-11-15(12-14-16)21-19-9-4-3-7-17(19)18-8-5-6-10-20(18)22-21/h3-14H,1-2H3. The first-order chi connectivity index (χ1) is 11.2. The van der Waals surface area contributed by atoms with Crippen molar-refractivity contribution in [2.24, 2.45) is 0 Å². The van der Waals surface area contributed by atoms with E-state index in [4.69, 9.17) is 4.98 Å². The molecule has 2 heteroatoms. The topological polar surface area (TPSA) is 16.1 Å². The van der Waals surface area contributed by atoms with Gasteiger partial charge in [0, 0.05) is 36.1 Å². The van der Waals surface area contributed by atoms with Crippen LogP contribution in [-0.2, 0) is 0 Å². The van der Waals surface area contributed by atoms with Crippen molar-refractivity contribution >= 4 is 27.4 Å². The van der Waals surface area contributed by atoms with Crippen LogP contribution in [0.4, 0.5) is 5.69 Å². The average Bonchev–Trinajstić information content (AvgIpc) is 2.61. The third-order valence-electron chi connectivity index (χ3n) is 4.27. The van der Waals surface area contributed by atoms with Crippen molar-refractivity contribution in [2.75, 3.05) is 19.0 Å². The number of pyridine rings is 1. The zero-order chi connectivity index (χ0) is 15.8. The zero-order valence-electron chi connectivity index (χ0n) is 13.3. The van der Waals surface area contributed by atoms with Gasteiger partial charge in [-0.25, -0.2) is 4.98 Å². The highest BCUT2D eigenvalue weighted by molar-refractivity contribution is 6.10. The maximum absolute atomic E-state index is 4.93. The highest BCUT2D eigenvalue weighted by atomic mass is 15.1. The molecule has 0 spiro atoms. The summed E-state index contributed by atoms with van der Waals surface area (Å²) in [4.78, 5) is 7.04. The molecule has 4 aromatic rings. The minimum Gasteiger partial charge on any atom is -0.378 e. The molecule has 1 aromatic heterocycles. The quantitative estimate of drug-likeness (QED) is 0.477. The summed E-state index contributed by atoms with van der Waals surface area (Å²) < 4.78 is 0. The van der Waals surface area contributed by atoms with Crippen molar-refractivity contribution in [1.29, 1.82) is 0 Å². The van der Waals surface area contributed by atoms with Crippen LogP contribution in [0.5, 0.6) is 0 Å². The Kier molecular flexibility index (Phi) is 3.23. The van der Waals surface area contributed by atoms with Crippen LogP contribution in [0.3, 0.4) is 0 Å². The SMILES string of the molecule is CN(C)c1ccc(-c2nc3ccccc3c3ccccc23)cc1. The van der Waals surface area contributed by atoms with E-state index in [0.717, 1.165) is 16.8 Å². The van der Waals surface area contributed by atoms with Gasteiger partial charge in [-0.2, -0.15) is 0 Å². The maximum Gasteiger partial charge on any atom is 0.0788 e. The van der Waals surface area contributed by atoms with Crippen LogP contribution in [-0.4, -0.2) is 19.1 Å². The molecule has 0 aliphatic heterocycles. The van der Waals surface area contributed by atoms with Crippen LogP contribution in [0.25, 0.3) is 32.9 Å². The van der Waals surface area contributed by atoms with Gasteiger partial charge in [0.15, 0.2) is 0 Å². The number of hydrogen-bond donors (Lipinski definition) is 0. The molecule has 0 aliphatic carbocycles. The predicted octanol–water partition coefficient (Wildman–Crippen LogP) is 5.12. The second-order valence-electron chi connectivity index (χ2n) is 5.96. The Balaban J connectivity index is 2.01. The average molecular weight is 298 g/mol. The Hall–Kier alpha value is -2.87. The number of aromatic nitrogens is 1. The lowest BCUT2D eigenvalue weighted by Gasteiger charge is -2.14. The van der Waals surface area contributed by atoms with Gasteiger partial charge in [-0.15, -0.1) is 0 Å². The second-order valence-corrected chi connectivity index (χ2v) is 5.96. The van der Waals surface area contributed by atoms with Crippen molar-refractivity contribution in [2.45, 2.75) is 0 Å². The Bertz CT molecular complexity index is 985. The number of nitrogens with zero attached hydrogens (tertiary/aromatic N) is 2. The van der Waals surface area contributed by atoms with Crippen LogP contribution in [0.2, 0.25) is 0 Å². The number of rotatable bonds is 2. The molecule has 3 aromatic carbocycles. The summed E-state index contributed by atoms with van der Waals surface area (Å²) in [5, 5.41) is 3.66. The van der Waals surface area contributed by atoms with Gasteiger partial charge in [0.25, 0.3) is 0 Å². The smallest absolute Gasteiger partial charge is 0.0788 e. The zero-order valence-corrected chi connectivity index (χ0v) is 13.3. The van der Waals surface area contributed by atoms with Gasteiger partial charge in [-0.05, 0) is 23.6 Å². The van der Waals surface area contributed by atoms with E-state index in [1.807, 2.05) is 6.07 Å². The molecule has 0 fully saturated rings. The Labute approximate surface area is 136 Å². The molecule has 0 amide bonds. The molecular weight excluding hydrogens is 280 g/mol. The first-order valence-corrected chi connectivity index (χ1v) is 7.79. The molecule has 0 bridgehead atoms. The van der Waals surface area contributed by atoms with Gasteiger partial charge in [0.2, 0.25) is 0 Å². The van der Waals surface area contributed by atoms with E-state index in [1.54, 1.807) is 0 Å². The first-order valence-electron chi connectivity index (χ1n) is 7.79. The van der Waals surface area contributed by atoms with E-state index in [1.165, 1.54) is 21.8 Å². The fourth-order valence-electron chi connectivity index (χ4n) is 3.04. The molecule has 0 saturated carbocycles. The molecule has 0 unspecified atom stereocenters. The van der Waals surface area contributed by atoms with E-state index < -0.39 is 0 Å². The van der Waals surface area contributed by atoms with E-state index in [-0.39, 0.29) is 0 Å². The highest BCUT2D eigenvalue weighted by Crippen LogP contribution is 2.32. The van der Waals surface area contributed by atoms with Gasteiger partial charge < -0.3 is 4.90 Å². The van der Waals surface area contributed by atoms with Gasteiger partial charge >= 0.3 is 0 Å². The molecule has 0 saturated heterocycles. The van der Waals surface area contributed by atoms with Crippen LogP contribution in [0, 0.1) is 0 Å². The third-order valence-corrected chi connectivity index (χ3v) is 4.27. The molecule has 4 rings (SSSR count). The van der Waals surface area contributed by atoms with Gasteiger partial charge in [0.05, 0.1) is 11.2 Å². The Morgan fingerprint density at radius 2 is 1.26 bits per heavy atom. The molecule has 112 valence electrons. The first kappa shape index (κ1) is 13.8. The molecular formula is C21H18N2. The van der Waals surface area contributed by atoms with Gasteiger partial charge in [-0.3, -0.25) is 0 Å². The van der Waals surface area contributed by atoms with Crippen molar-refractivity contribution in [3.8, 4) is 11.3 Å². The summed E-state index contributed by atoms with van der Waals surface area (Å²) in [6, 6.07) is 25.4. The van der Waals surface area contributed by atoms with Crippen LogP contribution < -0.4 is 4.90 Å². The highest BCUT2D eigenvalue weighted by Gasteiger charge is 2.09. The second kappa shape index (κ2) is 5.40. The minimum atomic E-state index is 1.04. The molecule has 1 heterocycles. The normalized spacial score (nSPS) is 11.0. The van der Waals surface area contributed by atoms with E-state index in [9.17, 15) is 0 Å². The summed E-state index contributed by atoms with van der Waals surface area (Å²) in [5.74, 6) is 0. The van der Waals surface area contributed by atoms with Crippen molar-refractivity contribution in [3.63, 3.8) is 0 Å². The number of para-hydroxylation sites is 1. The van der Waals surface area contributed by atoms with Crippen LogP contribution in [0.1, 0.15) is 0 Å². The fraction of sp³-hybridized carbons (Fsp3) is 0.0952. The number of fused-ring (bicyclic) bond motifs is 3. The summed E-state index contributed by atoms with van der Waals surface area (Å²) in [7, 11) is 4.11. The third kappa shape index (κ3) is 2.33. The van der Waals surface area contributed by atoms with Crippen molar-refractivity contribution in [3.05, 3.63) is 72.8 Å². The summed E-state index contributed by atoms with van der Waals surface area (Å²) in [6.07, 6.45) is 0. The molecule has 23 heavy (non-hydrogen) atoms. The van der Waals surface area contributed by atoms with E-state index >= 15 is 0 Å². The lowest BCUT2D eigenvalue weighted by molar-refractivity contribution is 1.13. The van der Waals surface area contributed by atoms with E-state index in [2.05, 4.69) is 85.7 Å². The lowest BCUT2D eigenvalue weighted by Crippen LogP contribution is -2.07. The molecule has 0 atom stereocenters. The summed E-state index contributed by atoms with van der Waals surface area (Å²) in [6.45, 7) is 0. The van der Waals surface area contributed by atoms with Crippen LogP contribution in [0.15, 0.2) is 72.8 Å². The predicted molar refractivity (Wildman–Crippen MR) is 99.0 cm³/mol. The molecule has 0 aliphatic rings. The lowest BCUT2D eigenvalue weighted by atomic mass is 10.00. The van der Waals surface area contributed by atoms with Crippen molar-refractivity contribution < 1.29 is 0 Å². The van der Waals surface area contributed by atoms with Crippen LogP contribution >= 0.6 is 0 Å². The summed E-state index contributed by atoms with van der Waals surface area (Å²) >= 11 is 0. The monoisotopic (exact) mass is 298 g/mol. The largest absolute Gasteiger partial charge is 0.378 e. The number of benzene rings is 3. The van der Waals surface area contributed by atoms with Gasteiger partial charge in [0.1, 0.15) is 0 Å². The Morgan fingerprint density at radius 1 is 0.652 bits per heavy atom. The van der Waals surface area contributed by atoms with Crippen molar-refractivity contribution in [1.82, 2.24) is 4.98 Å². The Morgan fingerprint density at radius 3 is 1.96 bits per heavy atom. The molecule has 0 N–H and O–H groups in total. The summed E-state index contributed by atoms with van der Waals surface area (Å²) in [5.41, 5.74) is 4.43. The van der Waals surface area contributed by atoms with Gasteiger partial charge in [-0.1, -0.05) is 54.6 Å². The number of hydrogen-bond acceptors (Lipinski definition) is 2. The van der Waals surface area contributed by atoms with E-state index in [0.29, 0.717) is 0 Å². The fourth-order valence-corrected chi connectivity index (χ4v) is 3.04. The molecule has 2 nitrogen and oxygen atoms in total. The molecule has 0 radical (unpaired) electrons. The maximum atomic E-state index is 4.93. The number of anilines is 1.